The second-order valence-electron chi connectivity index (χ2n) is 8.78. The van der Waals surface area contributed by atoms with Gasteiger partial charge in [-0.15, -0.1) is 0 Å². The van der Waals surface area contributed by atoms with E-state index in [9.17, 15) is 9.59 Å². The van der Waals surface area contributed by atoms with Crippen molar-refractivity contribution >= 4 is 23.4 Å². The second-order valence-corrected chi connectivity index (χ2v) is 9.22. The molecular formula is C24H31ClN4O4. The van der Waals surface area contributed by atoms with E-state index in [2.05, 4.69) is 5.10 Å². The second kappa shape index (κ2) is 10.6. The first-order chi connectivity index (χ1) is 15.9. The highest BCUT2D eigenvalue weighted by Crippen LogP contribution is 2.28. The fourth-order valence-corrected chi connectivity index (χ4v) is 4.71. The van der Waals surface area contributed by atoms with E-state index in [4.69, 9.17) is 21.1 Å². The molecule has 4 rings (SSSR count). The lowest BCUT2D eigenvalue weighted by molar-refractivity contribution is -0.141. The topological polar surface area (TPSA) is 76.9 Å². The summed E-state index contributed by atoms with van der Waals surface area (Å²) in [5.74, 6) is 0.651. The van der Waals surface area contributed by atoms with Gasteiger partial charge in [0.15, 0.2) is 0 Å². The number of aromatic nitrogens is 2. The molecule has 8 nitrogen and oxygen atoms in total. The monoisotopic (exact) mass is 474 g/mol. The van der Waals surface area contributed by atoms with Crippen LogP contribution < -0.4 is 4.74 Å². The number of hydrogen-bond acceptors (Lipinski definition) is 5. The minimum absolute atomic E-state index is 0.00577. The molecule has 178 valence electrons. The van der Waals surface area contributed by atoms with Crippen LogP contribution in [0.5, 0.6) is 5.75 Å². The Morgan fingerprint density at radius 1 is 1.12 bits per heavy atom. The minimum atomic E-state index is -0.175. The summed E-state index contributed by atoms with van der Waals surface area (Å²) < 4.78 is 13.4. The number of carbonyl (C=O) groups is 2. The average Bonchev–Trinajstić information content (AvgIpc) is 3.11. The van der Waals surface area contributed by atoms with Gasteiger partial charge in [-0.2, -0.15) is 5.10 Å². The Bertz CT molecular complexity index is 989. The zero-order chi connectivity index (χ0) is 23.4. The van der Waals surface area contributed by atoms with Gasteiger partial charge in [0.1, 0.15) is 18.4 Å². The molecule has 2 aliphatic heterocycles. The van der Waals surface area contributed by atoms with E-state index in [0.29, 0.717) is 63.0 Å². The summed E-state index contributed by atoms with van der Waals surface area (Å²) in [6, 6.07) is 9.25. The number of nitrogens with zero attached hydrogens (tertiary/aromatic N) is 4. The SMILES string of the molecule is Cc1cc(C)n(CC(=O)N2CC[C@H](Oc3cccc(Cl)c3)[C@@H](CC(=O)N3CCOCC3)C2)n1. The molecule has 0 spiro atoms. The molecule has 2 amide bonds. The summed E-state index contributed by atoms with van der Waals surface area (Å²) in [7, 11) is 0. The zero-order valence-corrected chi connectivity index (χ0v) is 20.0. The molecule has 0 unspecified atom stereocenters. The van der Waals surface area contributed by atoms with E-state index in [0.717, 1.165) is 11.4 Å². The minimum Gasteiger partial charge on any atom is -0.490 e. The van der Waals surface area contributed by atoms with Crippen LogP contribution in [-0.2, 0) is 20.9 Å². The van der Waals surface area contributed by atoms with E-state index in [1.807, 2.05) is 41.8 Å². The molecule has 1 aromatic carbocycles. The fourth-order valence-electron chi connectivity index (χ4n) is 4.53. The molecule has 2 saturated heterocycles. The predicted molar refractivity (Wildman–Crippen MR) is 124 cm³/mol. The number of piperidine rings is 1. The molecule has 0 radical (unpaired) electrons. The molecule has 0 aliphatic carbocycles. The van der Waals surface area contributed by atoms with Crippen molar-refractivity contribution in [2.24, 2.45) is 5.92 Å². The van der Waals surface area contributed by atoms with Crippen molar-refractivity contribution in [1.82, 2.24) is 19.6 Å². The normalized spacial score (nSPS) is 21.2. The van der Waals surface area contributed by atoms with Crippen molar-refractivity contribution in [3.8, 4) is 5.75 Å². The van der Waals surface area contributed by atoms with E-state index in [-0.39, 0.29) is 30.4 Å². The summed E-state index contributed by atoms with van der Waals surface area (Å²) >= 11 is 6.13. The summed E-state index contributed by atoms with van der Waals surface area (Å²) in [5, 5.41) is 5.01. The Morgan fingerprint density at radius 2 is 1.91 bits per heavy atom. The molecule has 2 fully saturated rings. The maximum Gasteiger partial charge on any atom is 0.244 e. The Labute approximate surface area is 199 Å². The van der Waals surface area contributed by atoms with Gasteiger partial charge in [0.05, 0.1) is 18.9 Å². The van der Waals surface area contributed by atoms with Crippen LogP contribution in [0, 0.1) is 19.8 Å². The number of rotatable bonds is 6. The van der Waals surface area contributed by atoms with Gasteiger partial charge in [-0.25, -0.2) is 0 Å². The van der Waals surface area contributed by atoms with E-state index >= 15 is 0 Å². The maximum atomic E-state index is 13.1. The predicted octanol–water partition coefficient (Wildman–Crippen LogP) is 2.70. The number of hydrogen-bond donors (Lipinski definition) is 0. The molecule has 0 N–H and O–H groups in total. The van der Waals surface area contributed by atoms with Gasteiger partial charge >= 0.3 is 0 Å². The third-order valence-corrected chi connectivity index (χ3v) is 6.52. The summed E-state index contributed by atoms with van der Waals surface area (Å²) in [6.07, 6.45) is 0.803. The number of halogens is 1. The molecule has 2 aliphatic rings. The van der Waals surface area contributed by atoms with Crippen molar-refractivity contribution < 1.29 is 19.1 Å². The van der Waals surface area contributed by atoms with Crippen LogP contribution in [0.25, 0.3) is 0 Å². The van der Waals surface area contributed by atoms with Crippen molar-refractivity contribution in [1.29, 1.82) is 0 Å². The van der Waals surface area contributed by atoms with Gasteiger partial charge in [-0.3, -0.25) is 14.3 Å². The largest absolute Gasteiger partial charge is 0.490 e. The van der Waals surface area contributed by atoms with Crippen LogP contribution in [0.2, 0.25) is 5.02 Å². The van der Waals surface area contributed by atoms with E-state index in [1.54, 1.807) is 16.8 Å². The van der Waals surface area contributed by atoms with Crippen molar-refractivity contribution in [3.05, 3.63) is 46.7 Å². The summed E-state index contributed by atoms with van der Waals surface area (Å²) in [4.78, 5) is 29.8. The first kappa shape index (κ1) is 23.6. The fraction of sp³-hybridized carbons (Fsp3) is 0.542. The highest BCUT2D eigenvalue weighted by molar-refractivity contribution is 6.30. The van der Waals surface area contributed by atoms with Gasteiger partial charge in [0, 0.05) is 55.7 Å². The molecule has 3 heterocycles. The van der Waals surface area contributed by atoms with E-state index in [1.165, 1.54) is 0 Å². The molecule has 9 heteroatoms. The third-order valence-electron chi connectivity index (χ3n) is 6.29. The maximum absolute atomic E-state index is 13.1. The van der Waals surface area contributed by atoms with Crippen LogP contribution in [0.4, 0.5) is 0 Å². The first-order valence-corrected chi connectivity index (χ1v) is 11.8. The molecule has 2 aromatic rings. The molecule has 2 atom stereocenters. The Morgan fingerprint density at radius 3 is 2.61 bits per heavy atom. The number of aryl methyl sites for hydroxylation is 2. The zero-order valence-electron chi connectivity index (χ0n) is 19.2. The van der Waals surface area contributed by atoms with Crippen molar-refractivity contribution in [2.75, 3.05) is 39.4 Å². The number of ether oxygens (including phenoxy) is 2. The Kier molecular flexibility index (Phi) is 7.55. The van der Waals surface area contributed by atoms with Crippen LogP contribution in [0.15, 0.2) is 30.3 Å². The molecule has 33 heavy (non-hydrogen) atoms. The molecule has 0 saturated carbocycles. The number of likely N-dealkylation sites (tertiary alicyclic amines) is 1. The standard InChI is InChI=1S/C24H31ClN4O4/c1-17-12-18(2)29(26-17)16-24(31)28-7-6-22(33-21-5-3-4-20(25)14-21)19(15-28)13-23(30)27-8-10-32-11-9-27/h3-5,12,14,19,22H,6-11,13,15-16H2,1-2H3/t19-,22-/m0/s1. The lowest BCUT2D eigenvalue weighted by Crippen LogP contribution is -2.51. The van der Waals surface area contributed by atoms with Crippen LogP contribution in [-0.4, -0.2) is 76.9 Å². The number of benzene rings is 1. The molecular weight excluding hydrogens is 444 g/mol. The smallest absolute Gasteiger partial charge is 0.244 e. The molecule has 1 aromatic heterocycles. The van der Waals surface area contributed by atoms with Gasteiger partial charge in [0.25, 0.3) is 0 Å². The van der Waals surface area contributed by atoms with Crippen molar-refractivity contribution in [3.63, 3.8) is 0 Å². The van der Waals surface area contributed by atoms with Crippen LogP contribution in [0.1, 0.15) is 24.2 Å². The Balaban J connectivity index is 1.46. The number of carbonyl (C=O) groups excluding carboxylic acids is 2. The van der Waals surface area contributed by atoms with Crippen LogP contribution >= 0.6 is 11.6 Å². The number of morpholine rings is 1. The van der Waals surface area contributed by atoms with E-state index < -0.39 is 0 Å². The van der Waals surface area contributed by atoms with Gasteiger partial charge in [0.2, 0.25) is 11.8 Å². The van der Waals surface area contributed by atoms with Crippen LogP contribution in [0.3, 0.4) is 0 Å². The third kappa shape index (κ3) is 6.06. The van der Waals surface area contributed by atoms with Gasteiger partial charge in [-0.05, 0) is 38.1 Å². The quantitative estimate of drug-likeness (QED) is 0.643. The number of amides is 2. The summed E-state index contributed by atoms with van der Waals surface area (Å²) in [5.41, 5.74) is 1.85. The first-order valence-electron chi connectivity index (χ1n) is 11.5. The highest BCUT2D eigenvalue weighted by Gasteiger charge is 2.35. The lowest BCUT2D eigenvalue weighted by atomic mass is 9.90. The summed E-state index contributed by atoms with van der Waals surface area (Å²) in [6.45, 7) is 7.44. The lowest BCUT2D eigenvalue weighted by Gasteiger charge is -2.39. The van der Waals surface area contributed by atoms with Gasteiger partial charge < -0.3 is 19.3 Å². The van der Waals surface area contributed by atoms with Crippen molar-refractivity contribution in [2.45, 2.75) is 39.3 Å². The average molecular weight is 475 g/mol. The van der Waals surface area contributed by atoms with Gasteiger partial charge in [-0.1, -0.05) is 17.7 Å². The Hall–Kier alpha value is -2.58. The highest BCUT2D eigenvalue weighted by atomic mass is 35.5. The molecule has 0 bridgehead atoms.